The highest BCUT2D eigenvalue weighted by molar-refractivity contribution is 4.57. The van der Waals surface area contributed by atoms with Crippen molar-refractivity contribution in [1.82, 2.24) is 4.90 Å². The summed E-state index contributed by atoms with van der Waals surface area (Å²) in [6.07, 6.45) is 1.71. The van der Waals surface area contributed by atoms with Gasteiger partial charge in [-0.3, -0.25) is 0 Å². The van der Waals surface area contributed by atoms with Gasteiger partial charge in [0, 0.05) is 24.6 Å². The van der Waals surface area contributed by atoms with Crippen molar-refractivity contribution in [3.8, 4) is 0 Å². The Balaban J connectivity index is 3.41. The summed E-state index contributed by atoms with van der Waals surface area (Å²) in [6, 6.07) is 0. The minimum Gasteiger partial charge on any atom is -0.396 e. The van der Waals surface area contributed by atoms with Crippen molar-refractivity contribution in [3.63, 3.8) is 0 Å². The normalized spacial score (nSPS) is 10.1. The summed E-state index contributed by atoms with van der Waals surface area (Å²) in [6.45, 7) is 5.74. The van der Waals surface area contributed by atoms with Crippen LogP contribution < -0.4 is 0 Å². The summed E-state index contributed by atoms with van der Waals surface area (Å²) < 4.78 is 0. The van der Waals surface area contributed by atoms with Crippen LogP contribution >= 0.6 is 0 Å². The van der Waals surface area contributed by atoms with Crippen LogP contribution in [0.15, 0.2) is 5.11 Å². The van der Waals surface area contributed by atoms with Crippen LogP contribution in [0.5, 0.6) is 0 Å². The van der Waals surface area contributed by atoms with E-state index in [1.165, 1.54) is 0 Å². The second-order valence-corrected chi connectivity index (χ2v) is 2.82. The van der Waals surface area contributed by atoms with E-state index < -0.39 is 0 Å². The molecule has 1 N–H and O–H groups in total. The van der Waals surface area contributed by atoms with Crippen molar-refractivity contribution in [2.24, 2.45) is 5.11 Å². The number of azide groups is 1. The van der Waals surface area contributed by atoms with Crippen molar-refractivity contribution in [2.45, 2.75) is 19.8 Å². The van der Waals surface area contributed by atoms with E-state index in [4.69, 9.17) is 10.6 Å². The molecule has 0 spiro atoms. The molecule has 0 radical (unpaired) electrons. The number of aliphatic hydroxyl groups is 1. The zero-order valence-corrected chi connectivity index (χ0v) is 8.19. The molecule has 0 saturated carbocycles. The van der Waals surface area contributed by atoms with Gasteiger partial charge in [0.15, 0.2) is 0 Å². The first-order chi connectivity index (χ1) is 6.35. The van der Waals surface area contributed by atoms with E-state index in [9.17, 15) is 0 Å². The number of nitrogens with zero attached hydrogens (tertiary/aromatic N) is 4. The molecule has 0 amide bonds. The first-order valence-corrected chi connectivity index (χ1v) is 4.69. The molecule has 0 aromatic rings. The molecule has 0 heterocycles. The lowest BCUT2D eigenvalue weighted by Gasteiger charge is -2.18. The zero-order chi connectivity index (χ0) is 9.94. The van der Waals surface area contributed by atoms with Gasteiger partial charge in [0.25, 0.3) is 0 Å². The summed E-state index contributed by atoms with van der Waals surface area (Å²) >= 11 is 0. The third kappa shape index (κ3) is 7.59. The molecule has 5 nitrogen and oxygen atoms in total. The fourth-order valence-electron chi connectivity index (χ4n) is 1.13. The van der Waals surface area contributed by atoms with Crippen LogP contribution in [0.2, 0.25) is 0 Å². The SMILES string of the molecule is CCN(CCCO)CCCN=[N+]=[N-]. The van der Waals surface area contributed by atoms with Crippen LogP contribution in [0.1, 0.15) is 19.8 Å². The van der Waals surface area contributed by atoms with Gasteiger partial charge >= 0.3 is 0 Å². The molecule has 76 valence electrons. The van der Waals surface area contributed by atoms with Crippen LogP contribution in [0, 0.1) is 0 Å². The van der Waals surface area contributed by atoms with Gasteiger partial charge in [-0.2, -0.15) is 0 Å². The molecule has 0 bridgehead atoms. The van der Waals surface area contributed by atoms with Gasteiger partial charge in [-0.15, -0.1) is 0 Å². The van der Waals surface area contributed by atoms with E-state index in [1.54, 1.807) is 0 Å². The third-order valence-electron chi connectivity index (χ3n) is 1.88. The number of aliphatic hydroxyl groups excluding tert-OH is 1. The highest BCUT2D eigenvalue weighted by Crippen LogP contribution is 1.94. The molecule has 13 heavy (non-hydrogen) atoms. The van der Waals surface area contributed by atoms with Crippen LogP contribution in [0.25, 0.3) is 10.4 Å². The van der Waals surface area contributed by atoms with Gasteiger partial charge < -0.3 is 10.0 Å². The summed E-state index contributed by atoms with van der Waals surface area (Å²) in [5, 5.41) is 12.1. The van der Waals surface area contributed by atoms with Gasteiger partial charge in [-0.05, 0) is 31.5 Å². The maximum atomic E-state index is 8.63. The molecule has 0 aromatic heterocycles. The summed E-state index contributed by atoms with van der Waals surface area (Å²) in [5.41, 5.74) is 8.04. The Hall–Kier alpha value is -0.770. The van der Waals surface area contributed by atoms with E-state index in [2.05, 4.69) is 21.8 Å². The number of hydrogen-bond donors (Lipinski definition) is 1. The van der Waals surface area contributed by atoms with Crippen molar-refractivity contribution >= 4 is 0 Å². The standard InChI is InChI=1S/C8H18N4O/c1-2-12(7-4-8-13)6-3-5-10-11-9/h13H,2-8H2,1H3. The Bertz CT molecular complexity index is 156. The van der Waals surface area contributed by atoms with E-state index in [-0.39, 0.29) is 6.61 Å². The lowest BCUT2D eigenvalue weighted by atomic mass is 10.3. The van der Waals surface area contributed by atoms with Crippen molar-refractivity contribution < 1.29 is 5.11 Å². The van der Waals surface area contributed by atoms with E-state index in [1.807, 2.05) is 0 Å². The minimum atomic E-state index is 0.243. The number of hydrogen-bond acceptors (Lipinski definition) is 3. The summed E-state index contributed by atoms with van der Waals surface area (Å²) in [7, 11) is 0. The maximum Gasteiger partial charge on any atom is 0.0443 e. The van der Waals surface area contributed by atoms with Gasteiger partial charge in [-0.25, -0.2) is 0 Å². The van der Waals surface area contributed by atoms with Gasteiger partial charge in [0.05, 0.1) is 0 Å². The van der Waals surface area contributed by atoms with Crippen LogP contribution in [-0.2, 0) is 0 Å². The Morgan fingerprint density at radius 2 is 2.08 bits per heavy atom. The topological polar surface area (TPSA) is 72.2 Å². The molecular formula is C8H18N4O. The Kier molecular flexibility index (Phi) is 8.77. The van der Waals surface area contributed by atoms with E-state index in [0.29, 0.717) is 6.54 Å². The lowest BCUT2D eigenvalue weighted by Crippen LogP contribution is -2.26. The molecular weight excluding hydrogens is 168 g/mol. The van der Waals surface area contributed by atoms with Gasteiger partial charge in [-0.1, -0.05) is 12.0 Å². The summed E-state index contributed by atoms with van der Waals surface area (Å²) in [5.74, 6) is 0. The van der Waals surface area contributed by atoms with Crippen LogP contribution in [0.3, 0.4) is 0 Å². The average molecular weight is 186 g/mol. The fourth-order valence-corrected chi connectivity index (χ4v) is 1.13. The van der Waals surface area contributed by atoms with Gasteiger partial charge in [0.1, 0.15) is 0 Å². The molecule has 0 unspecified atom stereocenters. The monoisotopic (exact) mass is 186 g/mol. The van der Waals surface area contributed by atoms with Crippen molar-refractivity contribution in [2.75, 3.05) is 32.8 Å². The molecule has 0 saturated heterocycles. The first-order valence-electron chi connectivity index (χ1n) is 4.69. The molecule has 0 atom stereocenters. The molecule has 0 fully saturated rings. The van der Waals surface area contributed by atoms with Crippen molar-refractivity contribution in [3.05, 3.63) is 10.4 Å². The fraction of sp³-hybridized carbons (Fsp3) is 1.00. The predicted octanol–water partition coefficient (Wildman–Crippen LogP) is 1.39. The molecule has 0 rings (SSSR count). The second kappa shape index (κ2) is 9.32. The predicted molar refractivity (Wildman–Crippen MR) is 52.4 cm³/mol. The molecule has 5 heteroatoms. The molecule has 0 aliphatic heterocycles. The largest absolute Gasteiger partial charge is 0.396 e. The van der Waals surface area contributed by atoms with E-state index in [0.717, 1.165) is 32.5 Å². The Labute approximate surface area is 79.0 Å². The number of rotatable bonds is 8. The highest BCUT2D eigenvalue weighted by Gasteiger charge is 1.99. The van der Waals surface area contributed by atoms with Crippen LogP contribution in [-0.4, -0.2) is 42.8 Å². The Morgan fingerprint density at radius 3 is 2.62 bits per heavy atom. The maximum absolute atomic E-state index is 8.63. The summed E-state index contributed by atoms with van der Waals surface area (Å²) in [4.78, 5) is 4.93. The average Bonchev–Trinajstić information content (AvgIpc) is 2.17. The molecule has 0 aliphatic rings. The quantitative estimate of drug-likeness (QED) is 0.269. The molecule has 0 aromatic carbocycles. The Morgan fingerprint density at radius 1 is 1.38 bits per heavy atom. The third-order valence-corrected chi connectivity index (χ3v) is 1.88. The van der Waals surface area contributed by atoms with E-state index >= 15 is 0 Å². The second-order valence-electron chi connectivity index (χ2n) is 2.82. The smallest absolute Gasteiger partial charge is 0.0443 e. The van der Waals surface area contributed by atoms with Crippen molar-refractivity contribution in [1.29, 1.82) is 0 Å². The van der Waals surface area contributed by atoms with Crippen LogP contribution in [0.4, 0.5) is 0 Å². The molecule has 0 aliphatic carbocycles. The lowest BCUT2D eigenvalue weighted by molar-refractivity contribution is 0.229. The van der Waals surface area contributed by atoms with Gasteiger partial charge in [0.2, 0.25) is 0 Å². The highest BCUT2D eigenvalue weighted by atomic mass is 16.3. The minimum absolute atomic E-state index is 0.243. The zero-order valence-electron chi connectivity index (χ0n) is 8.19. The first kappa shape index (κ1) is 12.2.